The van der Waals surface area contributed by atoms with Crippen LogP contribution in [0.5, 0.6) is 0 Å². The maximum absolute atomic E-state index is 12.9. The number of aliphatic hydroxyl groups is 1. The normalized spacial score (nSPS) is 22.7. The number of carbonyl (C=O) groups excluding carboxylic acids is 2. The highest BCUT2D eigenvalue weighted by molar-refractivity contribution is 5.94. The Morgan fingerprint density at radius 1 is 1.00 bits per heavy atom. The number of carbonyl (C=O) groups is 2. The van der Waals surface area contributed by atoms with Gasteiger partial charge in [-0.05, 0) is 57.2 Å². The molecule has 2 unspecified atom stereocenters. The minimum atomic E-state index is -1.40. The van der Waals surface area contributed by atoms with Crippen LogP contribution < -0.4 is 5.32 Å². The molecular formula is C27H35N3O3. The van der Waals surface area contributed by atoms with Crippen LogP contribution in [0.25, 0.3) is 0 Å². The highest BCUT2D eigenvalue weighted by Crippen LogP contribution is 2.35. The summed E-state index contributed by atoms with van der Waals surface area (Å²) in [5, 5.41) is 13.6. The van der Waals surface area contributed by atoms with Gasteiger partial charge in [0, 0.05) is 43.3 Å². The third-order valence-electron chi connectivity index (χ3n) is 6.91. The molecule has 2 aliphatic heterocycles. The molecule has 176 valence electrons. The SMILES string of the molecule is CC(C)(O)C(=O)N(CCN1C2CCC1CC(NC(=O)c1ccccc1)C2)Cc1ccccc1. The Balaban J connectivity index is 1.36. The van der Waals surface area contributed by atoms with Crippen molar-refractivity contribution in [1.82, 2.24) is 15.1 Å². The number of rotatable bonds is 8. The minimum Gasteiger partial charge on any atom is -0.381 e. The first kappa shape index (κ1) is 23.5. The van der Waals surface area contributed by atoms with Gasteiger partial charge in [0.2, 0.25) is 0 Å². The summed E-state index contributed by atoms with van der Waals surface area (Å²) in [7, 11) is 0. The second-order valence-corrected chi connectivity index (χ2v) is 9.90. The van der Waals surface area contributed by atoms with Gasteiger partial charge in [0.15, 0.2) is 0 Å². The topological polar surface area (TPSA) is 72.9 Å². The molecule has 0 radical (unpaired) electrons. The van der Waals surface area contributed by atoms with Crippen molar-refractivity contribution >= 4 is 11.8 Å². The van der Waals surface area contributed by atoms with E-state index in [1.807, 2.05) is 60.7 Å². The highest BCUT2D eigenvalue weighted by Gasteiger charge is 2.41. The van der Waals surface area contributed by atoms with Gasteiger partial charge in [-0.2, -0.15) is 0 Å². The molecule has 2 amide bonds. The van der Waals surface area contributed by atoms with Crippen LogP contribution in [0.1, 0.15) is 55.5 Å². The number of hydrogen-bond donors (Lipinski definition) is 2. The summed E-state index contributed by atoms with van der Waals surface area (Å²) in [6, 6.07) is 20.3. The van der Waals surface area contributed by atoms with Gasteiger partial charge in [-0.1, -0.05) is 48.5 Å². The van der Waals surface area contributed by atoms with Crippen molar-refractivity contribution in [2.45, 2.75) is 69.8 Å². The molecule has 2 saturated heterocycles. The van der Waals surface area contributed by atoms with Gasteiger partial charge in [-0.3, -0.25) is 14.5 Å². The van der Waals surface area contributed by atoms with E-state index >= 15 is 0 Å². The van der Waals surface area contributed by atoms with Gasteiger partial charge in [0.1, 0.15) is 5.60 Å². The molecule has 2 aromatic carbocycles. The third-order valence-corrected chi connectivity index (χ3v) is 6.91. The van der Waals surface area contributed by atoms with Crippen LogP contribution in [-0.4, -0.2) is 63.5 Å². The van der Waals surface area contributed by atoms with Gasteiger partial charge in [-0.15, -0.1) is 0 Å². The molecule has 0 saturated carbocycles. The number of fused-ring (bicyclic) bond motifs is 2. The van der Waals surface area contributed by atoms with Crippen molar-refractivity contribution in [3.63, 3.8) is 0 Å². The van der Waals surface area contributed by atoms with Gasteiger partial charge >= 0.3 is 0 Å². The van der Waals surface area contributed by atoms with Crippen molar-refractivity contribution in [2.75, 3.05) is 13.1 Å². The molecule has 2 aliphatic rings. The number of piperidine rings is 1. The number of benzene rings is 2. The Kier molecular flexibility index (Phi) is 7.15. The lowest BCUT2D eigenvalue weighted by atomic mass is 9.96. The number of hydrogen-bond acceptors (Lipinski definition) is 4. The van der Waals surface area contributed by atoms with E-state index in [0.717, 1.165) is 37.8 Å². The lowest BCUT2D eigenvalue weighted by Crippen LogP contribution is -2.53. The summed E-state index contributed by atoms with van der Waals surface area (Å²) in [6.45, 7) is 4.95. The predicted octanol–water partition coefficient (Wildman–Crippen LogP) is 3.21. The van der Waals surface area contributed by atoms with Crippen molar-refractivity contribution in [3.8, 4) is 0 Å². The van der Waals surface area contributed by atoms with Crippen LogP contribution in [0.15, 0.2) is 60.7 Å². The first-order valence-electron chi connectivity index (χ1n) is 12.0. The second kappa shape index (κ2) is 10.1. The Bertz CT molecular complexity index is 928. The maximum atomic E-state index is 12.9. The fourth-order valence-corrected chi connectivity index (χ4v) is 5.29. The quantitative estimate of drug-likeness (QED) is 0.649. The standard InChI is InChI=1S/C27H35N3O3/c1-27(2,33)26(32)29(19-20-9-5-3-6-10-20)15-16-30-23-13-14-24(30)18-22(17-23)28-25(31)21-11-7-4-8-12-21/h3-12,22-24,33H,13-19H2,1-2H3,(H,28,31). The fraction of sp³-hybridized carbons (Fsp3) is 0.481. The number of nitrogens with zero attached hydrogens (tertiary/aromatic N) is 2. The molecule has 6 nitrogen and oxygen atoms in total. The van der Waals surface area contributed by atoms with Crippen LogP contribution in [-0.2, 0) is 11.3 Å². The lowest BCUT2D eigenvalue weighted by Gasteiger charge is -2.40. The van der Waals surface area contributed by atoms with Crippen LogP contribution >= 0.6 is 0 Å². The van der Waals surface area contributed by atoms with E-state index in [1.165, 1.54) is 0 Å². The van der Waals surface area contributed by atoms with E-state index in [4.69, 9.17) is 0 Å². The van der Waals surface area contributed by atoms with Gasteiger partial charge in [0.05, 0.1) is 0 Å². The molecule has 6 heteroatoms. The first-order chi connectivity index (χ1) is 15.8. The lowest BCUT2D eigenvalue weighted by molar-refractivity contribution is -0.149. The zero-order valence-corrected chi connectivity index (χ0v) is 19.6. The molecule has 4 rings (SSSR count). The smallest absolute Gasteiger partial charge is 0.254 e. The monoisotopic (exact) mass is 449 g/mol. The molecule has 2 heterocycles. The molecule has 2 bridgehead atoms. The molecule has 2 atom stereocenters. The number of nitrogens with one attached hydrogen (secondary N) is 1. The summed E-state index contributed by atoms with van der Waals surface area (Å²) < 4.78 is 0. The van der Waals surface area contributed by atoms with E-state index in [0.29, 0.717) is 30.7 Å². The van der Waals surface area contributed by atoms with Gasteiger partial charge in [0.25, 0.3) is 11.8 Å². The highest BCUT2D eigenvalue weighted by atomic mass is 16.3. The zero-order valence-electron chi connectivity index (χ0n) is 19.6. The second-order valence-electron chi connectivity index (χ2n) is 9.90. The molecule has 0 spiro atoms. The van der Waals surface area contributed by atoms with E-state index in [2.05, 4.69) is 10.2 Å². The largest absolute Gasteiger partial charge is 0.381 e. The van der Waals surface area contributed by atoms with Crippen molar-refractivity contribution in [3.05, 3.63) is 71.8 Å². The average Bonchev–Trinajstić information content (AvgIpc) is 3.04. The van der Waals surface area contributed by atoms with Gasteiger partial charge < -0.3 is 15.3 Å². The van der Waals surface area contributed by atoms with Crippen LogP contribution in [0.4, 0.5) is 0 Å². The van der Waals surface area contributed by atoms with E-state index in [1.54, 1.807) is 18.7 Å². The fourth-order valence-electron chi connectivity index (χ4n) is 5.29. The molecule has 2 N–H and O–H groups in total. The summed E-state index contributed by atoms with van der Waals surface area (Å²) in [5.41, 5.74) is 0.358. The maximum Gasteiger partial charge on any atom is 0.254 e. The molecule has 33 heavy (non-hydrogen) atoms. The average molecular weight is 450 g/mol. The van der Waals surface area contributed by atoms with E-state index < -0.39 is 5.60 Å². The number of amides is 2. The Morgan fingerprint density at radius 2 is 1.58 bits per heavy atom. The third kappa shape index (κ3) is 5.81. The van der Waals surface area contributed by atoms with Gasteiger partial charge in [-0.25, -0.2) is 0 Å². The molecule has 2 aromatic rings. The Hall–Kier alpha value is -2.70. The molecule has 2 fully saturated rings. The Labute approximate surface area is 196 Å². The van der Waals surface area contributed by atoms with Crippen molar-refractivity contribution < 1.29 is 14.7 Å². The van der Waals surface area contributed by atoms with Crippen molar-refractivity contribution in [2.24, 2.45) is 0 Å². The first-order valence-corrected chi connectivity index (χ1v) is 12.0. The van der Waals surface area contributed by atoms with Crippen LogP contribution in [0.2, 0.25) is 0 Å². The van der Waals surface area contributed by atoms with E-state index in [9.17, 15) is 14.7 Å². The minimum absolute atomic E-state index is 0.00161. The van der Waals surface area contributed by atoms with E-state index in [-0.39, 0.29) is 17.9 Å². The van der Waals surface area contributed by atoms with Crippen LogP contribution in [0, 0.1) is 0 Å². The predicted molar refractivity (Wildman–Crippen MR) is 129 cm³/mol. The molecular weight excluding hydrogens is 414 g/mol. The van der Waals surface area contributed by atoms with Crippen LogP contribution in [0.3, 0.4) is 0 Å². The Morgan fingerprint density at radius 3 is 2.15 bits per heavy atom. The van der Waals surface area contributed by atoms with Crippen molar-refractivity contribution in [1.29, 1.82) is 0 Å². The zero-order chi connectivity index (χ0) is 23.4. The summed E-state index contributed by atoms with van der Waals surface area (Å²) in [5.74, 6) is -0.248. The summed E-state index contributed by atoms with van der Waals surface area (Å²) in [6.07, 6.45) is 4.13. The summed E-state index contributed by atoms with van der Waals surface area (Å²) in [4.78, 5) is 29.8. The summed E-state index contributed by atoms with van der Waals surface area (Å²) >= 11 is 0. The molecule has 0 aliphatic carbocycles. The molecule has 0 aromatic heterocycles.